The summed E-state index contributed by atoms with van der Waals surface area (Å²) < 4.78 is 23.1. The fraction of sp³-hybridized carbons (Fsp3) is 0.556. The first kappa shape index (κ1) is 16.5. The van der Waals surface area contributed by atoms with E-state index in [2.05, 4.69) is 0 Å². The highest BCUT2D eigenvalue weighted by atomic mass is 16.8. The zero-order valence-corrected chi connectivity index (χ0v) is 14.0. The molecule has 126 valence electrons. The predicted octanol–water partition coefficient (Wildman–Crippen LogP) is 2.51. The number of benzene rings is 1. The van der Waals surface area contributed by atoms with Crippen molar-refractivity contribution in [2.45, 2.75) is 57.6 Å². The lowest BCUT2D eigenvalue weighted by Crippen LogP contribution is -2.28. The standard InChI is InChI=1S/C18H24O5/c1-11-16-17(23-18(2,3)22-16)15(21-11)9-8-12-6-5-7-14(20-4)13(12)10-19/h5-9,11,15-17,19H,10H2,1-4H3/b9-8+/t11-,15+,16-,17+/m0/s1. The zero-order chi connectivity index (χ0) is 16.6. The molecular formula is C18H24O5. The molecule has 2 fully saturated rings. The molecule has 1 N–H and O–H groups in total. The Balaban J connectivity index is 1.81. The Morgan fingerprint density at radius 2 is 2.00 bits per heavy atom. The summed E-state index contributed by atoms with van der Waals surface area (Å²) in [6, 6.07) is 5.68. The lowest BCUT2D eigenvalue weighted by atomic mass is 10.0. The second-order valence-electron chi connectivity index (χ2n) is 6.42. The van der Waals surface area contributed by atoms with Crippen LogP contribution in [0.1, 0.15) is 31.9 Å². The minimum atomic E-state index is -0.578. The Morgan fingerprint density at radius 3 is 2.70 bits per heavy atom. The van der Waals surface area contributed by atoms with Gasteiger partial charge in [-0.05, 0) is 32.4 Å². The molecule has 3 rings (SSSR count). The van der Waals surface area contributed by atoms with Crippen LogP contribution >= 0.6 is 0 Å². The first-order valence-corrected chi connectivity index (χ1v) is 7.91. The molecule has 0 aromatic heterocycles. The van der Waals surface area contributed by atoms with E-state index in [-0.39, 0.29) is 31.0 Å². The van der Waals surface area contributed by atoms with Crippen molar-refractivity contribution in [3.8, 4) is 5.75 Å². The highest BCUT2D eigenvalue weighted by molar-refractivity contribution is 5.58. The van der Waals surface area contributed by atoms with Crippen LogP contribution in [0.4, 0.5) is 0 Å². The molecule has 2 heterocycles. The summed E-state index contributed by atoms with van der Waals surface area (Å²) in [4.78, 5) is 0. The lowest BCUT2D eigenvalue weighted by Gasteiger charge is -2.21. The van der Waals surface area contributed by atoms with Crippen molar-refractivity contribution >= 4 is 6.08 Å². The molecule has 0 radical (unpaired) electrons. The number of hydrogen-bond donors (Lipinski definition) is 1. The third-order valence-corrected chi connectivity index (χ3v) is 4.33. The Bertz CT molecular complexity index is 595. The third kappa shape index (κ3) is 3.15. The van der Waals surface area contributed by atoms with Crippen molar-refractivity contribution in [1.29, 1.82) is 0 Å². The minimum Gasteiger partial charge on any atom is -0.496 e. The molecule has 1 aromatic carbocycles. The monoisotopic (exact) mass is 320 g/mol. The van der Waals surface area contributed by atoms with Crippen molar-refractivity contribution in [2.75, 3.05) is 7.11 Å². The molecule has 23 heavy (non-hydrogen) atoms. The van der Waals surface area contributed by atoms with Crippen molar-refractivity contribution in [1.82, 2.24) is 0 Å². The highest BCUT2D eigenvalue weighted by Crippen LogP contribution is 2.39. The fourth-order valence-corrected chi connectivity index (χ4v) is 3.29. The van der Waals surface area contributed by atoms with Crippen molar-refractivity contribution in [2.24, 2.45) is 0 Å². The Hall–Kier alpha value is -1.40. The minimum absolute atomic E-state index is 0.0148. The number of ether oxygens (including phenoxy) is 4. The van der Waals surface area contributed by atoms with Gasteiger partial charge in [0.25, 0.3) is 0 Å². The summed E-state index contributed by atoms with van der Waals surface area (Å²) in [5, 5.41) is 9.59. The van der Waals surface area contributed by atoms with Crippen molar-refractivity contribution in [3.05, 3.63) is 35.4 Å². The normalized spacial score (nSPS) is 32.4. The second-order valence-corrected chi connectivity index (χ2v) is 6.42. The summed E-state index contributed by atoms with van der Waals surface area (Å²) >= 11 is 0. The molecule has 0 saturated carbocycles. The Labute approximate surface area is 136 Å². The van der Waals surface area contributed by atoms with Crippen LogP contribution in [-0.2, 0) is 20.8 Å². The van der Waals surface area contributed by atoms with E-state index >= 15 is 0 Å². The van der Waals surface area contributed by atoms with E-state index in [1.54, 1.807) is 7.11 Å². The van der Waals surface area contributed by atoms with Crippen LogP contribution in [-0.4, -0.2) is 42.4 Å². The van der Waals surface area contributed by atoms with E-state index in [4.69, 9.17) is 18.9 Å². The van der Waals surface area contributed by atoms with Gasteiger partial charge in [0.1, 0.15) is 24.1 Å². The molecule has 0 amide bonds. The molecule has 0 spiro atoms. The SMILES string of the molecule is COc1cccc(/C=C/[C@H]2O[C@@H](C)[C@@H]3OC(C)(C)O[C@@H]32)c1CO. The van der Waals surface area contributed by atoms with Gasteiger partial charge >= 0.3 is 0 Å². The molecule has 1 aromatic rings. The first-order valence-electron chi connectivity index (χ1n) is 7.91. The van der Waals surface area contributed by atoms with Crippen LogP contribution in [0.5, 0.6) is 5.75 Å². The zero-order valence-electron chi connectivity index (χ0n) is 14.0. The molecule has 0 bridgehead atoms. The maximum atomic E-state index is 9.59. The summed E-state index contributed by atoms with van der Waals surface area (Å²) in [5.41, 5.74) is 1.67. The van der Waals surface area contributed by atoms with E-state index in [0.717, 1.165) is 11.1 Å². The molecule has 0 aliphatic carbocycles. The average Bonchev–Trinajstić information content (AvgIpc) is 2.99. The van der Waals surface area contributed by atoms with Crippen LogP contribution in [0.3, 0.4) is 0 Å². The Morgan fingerprint density at radius 1 is 1.26 bits per heavy atom. The molecule has 4 atom stereocenters. The van der Waals surface area contributed by atoms with Crippen LogP contribution in [0.25, 0.3) is 6.08 Å². The first-order chi connectivity index (χ1) is 10.9. The van der Waals surface area contributed by atoms with Gasteiger partial charge in [-0.15, -0.1) is 0 Å². The number of rotatable bonds is 4. The van der Waals surface area contributed by atoms with Gasteiger partial charge in [-0.1, -0.05) is 24.3 Å². The predicted molar refractivity (Wildman–Crippen MR) is 86.1 cm³/mol. The summed E-state index contributed by atoms with van der Waals surface area (Å²) in [6.45, 7) is 5.76. The van der Waals surface area contributed by atoms with Crippen LogP contribution in [0, 0.1) is 0 Å². The van der Waals surface area contributed by atoms with Gasteiger partial charge in [-0.25, -0.2) is 0 Å². The maximum absolute atomic E-state index is 9.59. The quantitative estimate of drug-likeness (QED) is 0.924. The lowest BCUT2D eigenvalue weighted by molar-refractivity contribution is -0.180. The summed E-state index contributed by atoms with van der Waals surface area (Å²) in [6.07, 6.45) is 3.57. The Kier molecular flexibility index (Phi) is 4.47. The van der Waals surface area contributed by atoms with E-state index in [0.29, 0.717) is 5.75 Å². The largest absolute Gasteiger partial charge is 0.496 e. The van der Waals surface area contributed by atoms with Gasteiger partial charge in [0.05, 0.1) is 19.8 Å². The third-order valence-electron chi connectivity index (χ3n) is 4.33. The topological polar surface area (TPSA) is 57.2 Å². The molecule has 5 heteroatoms. The van der Waals surface area contributed by atoms with Gasteiger partial charge in [-0.3, -0.25) is 0 Å². The van der Waals surface area contributed by atoms with Gasteiger partial charge in [0.2, 0.25) is 0 Å². The van der Waals surface area contributed by atoms with Gasteiger partial charge in [-0.2, -0.15) is 0 Å². The number of fused-ring (bicyclic) bond motifs is 1. The maximum Gasteiger partial charge on any atom is 0.164 e. The van der Waals surface area contributed by atoms with Crippen molar-refractivity contribution < 1.29 is 24.1 Å². The number of aliphatic hydroxyl groups is 1. The molecular weight excluding hydrogens is 296 g/mol. The number of methoxy groups -OCH3 is 1. The number of aliphatic hydroxyl groups excluding tert-OH is 1. The van der Waals surface area contributed by atoms with Crippen LogP contribution < -0.4 is 4.74 Å². The van der Waals surface area contributed by atoms with E-state index in [1.807, 2.05) is 51.1 Å². The highest BCUT2D eigenvalue weighted by Gasteiger charge is 2.52. The molecule has 2 saturated heterocycles. The summed E-state index contributed by atoms with van der Waals surface area (Å²) in [5.74, 6) is 0.0981. The van der Waals surface area contributed by atoms with Gasteiger partial charge in [0, 0.05) is 5.56 Å². The smallest absolute Gasteiger partial charge is 0.164 e. The fourth-order valence-electron chi connectivity index (χ4n) is 3.29. The van der Waals surface area contributed by atoms with Gasteiger partial charge < -0.3 is 24.1 Å². The summed E-state index contributed by atoms with van der Waals surface area (Å²) in [7, 11) is 1.60. The number of hydrogen-bond acceptors (Lipinski definition) is 5. The molecule has 2 aliphatic heterocycles. The van der Waals surface area contributed by atoms with Crippen LogP contribution in [0.15, 0.2) is 24.3 Å². The van der Waals surface area contributed by atoms with Crippen molar-refractivity contribution in [3.63, 3.8) is 0 Å². The van der Waals surface area contributed by atoms with Crippen LogP contribution in [0.2, 0.25) is 0 Å². The van der Waals surface area contributed by atoms with E-state index in [9.17, 15) is 5.11 Å². The van der Waals surface area contributed by atoms with E-state index < -0.39 is 5.79 Å². The average molecular weight is 320 g/mol. The van der Waals surface area contributed by atoms with E-state index in [1.165, 1.54) is 0 Å². The molecule has 5 nitrogen and oxygen atoms in total. The van der Waals surface area contributed by atoms with Gasteiger partial charge in [0.15, 0.2) is 5.79 Å². The molecule has 0 unspecified atom stereocenters. The second kappa shape index (κ2) is 6.24. The molecule has 2 aliphatic rings.